The summed E-state index contributed by atoms with van der Waals surface area (Å²) in [5.74, 6) is 0.825. The molecule has 0 aliphatic carbocycles. The Kier molecular flexibility index (Phi) is 6.80. The van der Waals surface area contributed by atoms with E-state index in [1.165, 1.54) is 0 Å². The van der Waals surface area contributed by atoms with Gasteiger partial charge < -0.3 is 19.7 Å². The monoisotopic (exact) mass is 424 g/mol. The summed E-state index contributed by atoms with van der Waals surface area (Å²) >= 11 is 0. The summed E-state index contributed by atoms with van der Waals surface area (Å²) in [5, 5.41) is 13.1. The maximum Gasteiger partial charge on any atom is 0.204 e. The topological polar surface area (TPSA) is 88.3 Å². The maximum atomic E-state index is 9.61. The van der Waals surface area contributed by atoms with Crippen LogP contribution in [-0.2, 0) is 17.9 Å². The van der Waals surface area contributed by atoms with Gasteiger partial charge in [-0.25, -0.2) is 4.98 Å². The van der Waals surface area contributed by atoms with Crippen molar-refractivity contribution in [2.24, 2.45) is 0 Å². The Morgan fingerprint density at radius 2 is 1.81 bits per heavy atom. The summed E-state index contributed by atoms with van der Waals surface area (Å²) < 4.78 is 7.57. The summed E-state index contributed by atoms with van der Waals surface area (Å²) in [4.78, 5) is 16.7. The van der Waals surface area contributed by atoms with Gasteiger partial charge >= 0.3 is 0 Å². The number of hydrogen-bond donors (Lipinski definition) is 2. The first-order chi connectivity index (χ1) is 15.0. The minimum absolute atomic E-state index is 0.00586. The predicted octanol–water partition coefficient (Wildman–Crippen LogP) is 2.43. The van der Waals surface area contributed by atoms with Gasteiger partial charge in [0.25, 0.3) is 0 Å². The zero-order valence-electron chi connectivity index (χ0n) is 18.7. The van der Waals surface area contributed by atoms with Crippen molar-refractivity contribution < 1.29 is 9.84 Å². The molecule has 1 fully saturated rings. The molecule has 8 heteroatoms. The Hall–Kier alpha value is -2.55. The van der Waals surface area contributed by atoms with Gasteiger partial charge in [-0.05, 0) is 51.4 Å². The standard InChI is InChI=1S/C23H32N6O2/c1-16-17(2)26-21(18(3)25-16)14-29-22-13-19(15-30)5-6-20(22)27-23(29)24-7-4-8-28-9-11-31-12-10-28/h5-6,13,30H,4,7-12,14-15H2,1-3H3,(H,24,27). The first-order valence-electron chi connectivity index (χ1n) is 11.0. The number of aromatic nitrogens is 4. The number of hydrogen-bond acceptors (Lipinski definition) is 7. The lowest BCUT2D eigenvalue weighted by molar-refractivity contribution is 0.0378. The Morgan fingerprint density at radius 3 is 2.58 bits per heavy atom. The molecule has 31 heavy (non-hydrogen) atoms. The van der Waals surface area contributed by atoms with Crippen LogP contribution in [0.3, 0.4) is 0 Å². The van der Waals surface area contributed by atoms with Crippen LogP contribution in [-0.4, -0.2) is 68.9 Å². The van der Waals surface area contributed by atoms with E-state index in [-0.39, 0.29) is 6.61 Å². The molecule has 0 unspecified atom stereocenters. The molecule has 4 rings (SSSR count). The number of anilines is 1. The van der Waals surface area contributed by atoms with Gasteiger partial charge in [0.05, 0.1) is 60.2 Å². The molecule has 2 N–H and O–H groups in total. The Balaban J connectivity index is 1.56. The molecule has 1 saturated heterocycles. The molecule has 3 aromatic rings. The van der Waals surface area contributed by atoms with Crippen molar-refractivity contribution >= 4 is 17.0 Å². The Bertz CT molecular complexity index is 1040. The van der Waals surface area contributed by atoms with Gasteiger partial charge in [-0.15, -0.1) is 0 Å². The molecule has 0 saturated carbocycles. The number of nitrogens with one attached hydrogen (secondary N) is 1. The van der Waals surface area contributed by atoms with E-state index in [2.05, 4.69) is 19.8 Å². The summed E-state index contributed by atoms with van der Waals surface area (Å²) in [5.41, 5.74) is 6.54. The van der Waals surface area contributed by atoms with E-state index in [1.54, 1.807) is 0 Å². The van der Waals surface area contributed by atoms with Crippen molar-refractivity contribution in [1.29, 1.82) is 0 Å². The van der Waals surface area contributed by atoms with Crippen molar-refractivity contribution in [2.45, 2.75) is 40.3 Å². The highest BCUT2D eigenvalue weighted by atomic mass is 16.5. The summed E-state index contributed by atoms with van der Waals surface area (Å²) in [6.07, 6.45) is 1.04. The number of fused-ring (bicyclic) bond motifs is 1. The fraction of sp³-hybridized carbons (Fsp3) is 0.522. The van der Waals surface area contributed by atoms with Crippen LogP contribution in [0.5, 0.6) is 0 Å². The third-order valence-electron chi connectivity index (χ3n) is 5.92. The number of aryl methyl sites for hydroxylation is 3. The van der Waals surface area contributed by atoms with Crippen LogP contribution < -0.4 is 5.32 Å². The number of morpholine rings is 1. The molecule has 1 aliphatic heterocycles. The fourth-order valence-corrected chi connectivity index (χ4v) is 3.95. The average Bonchev–Trinajstić information content (AvgIpc) is 3.12. The van der Waals surface area contributed by atoms with Crippen LogP contribution in [0, 0.1) is 20.8 Å². The van der Waals surface area contributed by atoms with Gasteiger partial charge in [-0.1, -0.05) is 6.07 Å². The molecule has 2 aromatic heterocycles. The summed E-state index contributed by atoms with van der Waals surface area (Å²) in [6.45, 7) is 12.1. The largest absolute Gasteiger partial charge is 0.392 e. The van der Waals surface area contributed by atoms with Crippen molar-refractivity contribution in [2.75, 3.05) is 44.7 Å². The van der Waals surface area contributed by atoms with E-state index in [1.807, 2.05) is 39.0 Å². The fourth-order valence-electron chi connectivity index (χ4n) is 3.95. The third kappa shape index (κ3) is 5.03. The lowest BCUT2D eigenvalue weighted by Crippen LogP contribution is -2.37. The van der Waals surface area contributed by atoms with Crippen LogP contribution in [0.25, 0.3) is 11.0 Å². The molecular formula is C23H32N6O2. The number of nitrogens with zero attached hydrogens (tertiary/aromatic N) is 5. The van der Waals surface area contributed by atoms with E-state index in [4.69, 9.17) is 14.7 Å². The zero-order valence-corrected chi connectivity index (χ0v) is 18.7. The molecule has 0 amide bonds. The third-order valence-corrected chi connectivity index (χ3v) is 5.92. The van der Waals surface area contributed by atoms with Crippen LogP contribution in [0.15, 0.2) is 18.2 Å². The highest BCUT2D eigenvalue weighted by molar-refractivity contribution is 5.79. The molecule has 0 atom stereocenters. The van der Waals surface area contributed by atoms with E-state index in [9.17, 15) is 5.11 Å². The van der Waals surface area contributed by atoms with E-state index in [0.717, 1.165) is 91.1 Å². The normalized spacial score (nSPS) is 15.0. The number of aliphatic hydroxyl groups is 1. The quantitative estimate of drug-likeness (QED) is 0.537. The molecule has 0 spiro atoms. The van der Waals surface area contributed by atoms with Gasteiger partial charge in [0.15, 0.2) is 0 Å². The molecule has 166 valence electrons. The molecule has 0 bridgehead atoms. The van der Waals surface area contributed by atoms with Crippen LogP contribution >= 0.6 is 0 Å². The number of imidazole rings is 1. The van der Waals surface area contributed by atoms with Crippen LogP contribution in [0.1, 0.15) is 34.8 Å². The minimum atomic E-state index is 0.00586. The molecule has 1 aromatic carbocycles. The Labute approximate surface area is 183 Å². The number of aliphatic hydroxyl groups excluding tert-OH is 1. The van der Waals surface area contributed by atoms with E-state index in [0.29, 0.717) is 6.54 Å². The van der Waals surface area contributed by atoms with Gasteiger partial charge in [-0.2, -0.15) is 0 Å². The van der Waals surface area contributed by atoms with Gasteiger partial charge in [-0.3, -0.25) is 14.9 Å². The number of rotatable bonds is 8. The highest BCUT2D eigenvalue weighted by Gasteiger charge is 2.15. The molecule has 8 nitrogen and oxygen atoms in total. The average molecular weight is 425 g/mol. The number of benzene rings is 1. The molecule has 1 aliphatic rings. The number of ether oxygens (including phenoxy) is 1. The second-order valence-electron chi connectivity index (χ2n) is 8.16. The Morgan fingerprint density at radius 1 is 1.03 bits per heavy atom. The van der Waals surface area contributed by atoms with Crippen molar-refractivity contribution in [3.05, 3.63) is 46.5 Å². The SMILES string of the molecule is Cc1nc(C)c(Cn2c(NCCCN3CCOCC3)nc3ccc(CO)cc32)nc1C. The smallest absolute Gasteiger partial charge is 0.204 e. The van der Waals surface area contributed by atoms with Gasteiger partial charge in [0, 0.05) is 19.6 Å². The molecule has 3 heterocycles. The van der Waals surface area contributed by atoms with E-state index >= 15 is 0 Å². The van der Waals surface area contributed by atoms with Crippen molar-refractivity contribution in [3.8, 4) is 0 Å². The van der Waals surface area contributed by atoms with Crippen LogP contribution in [0.2, 0.25) is 0 Å². The zero-order chi connectivity index (χ0) is 21.8. The highest BCUT2D eigenvalue weighted by Crippen LogP contribution is 2.23. The van der Waals surface area contributed by atoms with Crippen molar-refractivity contribution in [1.82, 2.24) is 24.4 Å². The van der Waals surface area contributed by atoms with Gasteiger partial charge in [0.2, 0.25) is 5.95 Å². The second kappa shape index (κ2) is 9.72. The second-order valence-corrected chi connectivity index (χ2v) is 8.16. The first-order valence-corrected chi connectivity index (χ1v) is 11.0. The lowest BCUT2D eigenvalue weighted by atomic mass is 10.2. The van der Waals surface area contributed by atoms with Gasteiger partial charge in [0.1, 0.15) is 0 Å². The first kappa shape index (κ1) is 21.7. The lowest BCUT2D eigenvalue weighted by Gasteiger charge is -2.26. The summed E-state index contributed by atoms with van der Waals surface area (Å²) in [7, 11) is 0. The van der Waals surface area contributed by atoms with E-state index < -0.39 is 0 Å². The maximum absolute atomic E-state index is 9.61. The predicted molar refractivity (Wildman–Crippen MR) is 121 cm³/mol. The van der Waals surface area contributed by atoms with Crippen LogP contribution in [0.4, 0.5) is 5.95 Å². The molecular weight excluding hydrogens is 392 g/mol. The minimum Gasteiger partial charge on any atom is -0.392 e. The summed E-state index contributed by atoms with van der Waals surface area (Å²) in [6, 6.07) is 5.89. The van der Waals surface area contributed by atoms with Crippen molar-refractivity contribution in [3.63, 3.8) is 0 Å². The molecule has 0 radical (unpaired) electrons.